The van der Waals surface area contributed by atoms with Crippen LogP contribution in [0.3, 0.4) is 0 Å². The minimum atomic E-state index is -0.793. The van der Waals surface area contributed by atoms with Crippen LogP contribution in [-0.4, -0.2) is 31.7 Å². The summed E-state index contributed by atoms with van der Waals surface area (Å²) in [6.45, 7) is 2.28. The first-order valence-electron chi connectivity index (χ1n) is 12.1. The van der Waals surface area contributed by atoms with Gasteiger partial charge in [-0.3, -0.25) is 4.57 Å². The predicted molar refractivity (Wildman–Crippen MR) is 133 cm³/mol. The average Bonchev–Trinajstić information content (AvgIpc) is 3.63. The predicted octanol–water partition coefficient (Wildman–Crippen LogP) is 5.15. The molecule has 9 nitrogen and oxygen atoms in total. The molecule has 2 N–H and O–H groups in total. The Balaban J connectivity index is 1.28. The maximum absolute atomic E-state index is 11.6. The molecule has 2 aliphatic rings. The number of aromatic nitrogens is 3. The van der Waals surface area contributed by atoms with E-state index in [4.69, 9.17) is 14.1 Å². The van der Waals surface area contributed by atoms with Gasteiger partial charge in [0.25, 0.3) is 0 Å². The van der Waals surface area contributed by atoms with Gasteiger partial charge in [-0.1, -0.05) is 24.3 Å². The SMILES string of the molecule is C[C@]12CC[C@](CCOc3ccc4nonc4c3)(O1)c1c2c(O)n(-c2ccc(C#N)c3ccccc23)c1O. The van der Waals surface area contributed by atoms with Crippen LogP contribution in [0.15, 0.2) is 59.2 Å². The van der Waals surface area contributed by atoms with Gasteiger partial charge in [0.05, 0.1) is 40.7 Å². The Kier molecular flexibility index (Phi) is 4.39. The molecule has 0 spiro atoms. The Labute approximate surface area is 211 Å². The molecule has 9 heteroatoms. The standard InChI is InChI=1S/C28H22N4O5/c1-27-10-11-28(36-27,12-13-35-17-7-8-20-21(14-17)31-37-30-20)24-23(27)25(33)32(26(24)34)22-9-6-16(15-29)18-4-2-3-5-19(18)22/h2-9,14,33-34H,10-13H2,1H3/t27-,28-/m1/s1. The van der Waals surface area contributed by atoms with Gasteiger partial charge in [0.15, 0.2) is 0 Å². The monoisotopic (exact) mass is 494 g/mol. The lowest BCUT2D eigenvalue weighted by Crippen LogP contribution is -2.25. The van der Waals surface area contributed by atoms with Gasteiger partial charge in [-0.05, 0) is 54.3 Å². The Morgan fingerprint density at radius 3 is 2.62 bits per heavy atom. The molecule has 2 aromatic heterocycles. The van der Waals surface area contributed by atoms with Gasteiger partial charge < -0.3 is 19.7 Å². The molecule has 7 rings (SSSR count). The smallest absolute Gasteiger partial charge is 0.205 e. The van der Waals surface area contributed by atoms with Crippen LogP contribution in [0.5, 0.6) is 17.5 Å². The second-order valence-corrected chi connectivity index (χ2v) is 9.86. The highest BCUT2D eigenvalue weighted by molar-refractivity contribution is 5.95. The summed E-state index contributed by atoms with van der Waals surface area (Å²) in [6, 6.07) is 18.5. The first kappa shape index (κ1) is 21.7. The molecule has 0 aliphatic carbocycles. The minimum Gasteiger partial charge on any atom is -0.494 e. The highest BCUT2D eigenvalue weighted by atomic mass is 16.6. The van der Waals surface area contributed by atoms with Crippen LogP contribution in [0.4, 0.5) is 0 Å². The van der Waals surface area contributed by atoms with E-state index in [2.05, 4.69) is 16.4 Å². The maximum atomic E-state index is 11.6. The Bertz CT molecular complexity index is 1770. The summed E-state index contributed by atoms with van der Waals surface area (Å²) in [7, 11) is 0. The van der Waals surface area contributed by atoms with Crippen molar-refractivity contribution in [3.63, 3.8) is 0 Å². The zero-order valence-corrected chi connectivity index (χ0v) is 19.9. The molecule has 0 amide bonds. The van der Waals surface area contributed by atoms with E-state index >= 15 is 0 Å². The summed E-state index contributed by atoms with van der Waals surface area (Å²) in [5.74, 6) is 0.532. The molecule has 2 bridgehead atoms. The molecule has 2 atom stereocenters. The fourth-order valence-electron chi connectivity index (χ4n) is 6.10. The number of benzene rings is 3. The van der Waals surface area contributed by atoms with Crippen LogP contribution < -0.4 is 4.74 Å². The molecule has 4 heterocycles. The van der Waals surface area contributed by atoms with Crippen molar-refractivity contribution in [3.8, 4) is 29.3 Å². The van der Waals surface area contributed by atoms with Crippen LogP contribution in [0, 0.1) is 11.3 Å². The molecular formula is C28H22N4O5. The van der Waals surface area contributed by atoms with Crippen molar-refractivity contribution in [2.24, 2.45) is 0 Å². The fraction of sp³-hybridized carbons (Fsp3) is 0.250. The Morgan fingerprint density at radius 2 is 1.78 bits per heavy atom. The minimum absolute atomic E-state index is 0.0451. The molecule has 1 fully saturated rings. The highest BCUT2D eigenvalue weighted by Crippen LogP contribution is 2.65. The Hall–Kier alpha value is -4.55. The van der Waals surface area contributed by atoms with Crippen molar-refractivity contribution in [3.05, 3.63) is 71.3 Å². The zero-order chi connectivity index (χ0) is 25.4. The van der Waals surface area contributed by atoms with Crippen molar-refractivity contribution in [1.82, 2.24) is 14.9 Å². The van der Waals surface area contributed by atoms with Gasteiger partial charge in [0, 0.05) is 23.3 Å². The summed E-state index contributed by atoms with van der Waals surface area (Å²) in [6.07, 6.45) is 1.88. The molecule has 37 heavy (non-hydrogen) atoms. The van der Waals surface area contributed by atoms with Gasteiger partial charge in [-0.15, -0.1) is 0 Å². The van der Waals surface area contributed by atoms with Crippen molar-refractivity contribution < 1.29 is 24.3 Å². The molecule has 3 aromatic carbocycles. The second kappa shape index (κ2) is 7.48. The van der Waals surface area contributed by atoms with E-state index in [0.29, 0.717) is 65.0 Å². The summed E-state index contributed by atoms with van der Waals surface area (Å²) in [5.41, 5.74) is 2.08. The molecular weight excluding hydrogens is 472 g/mol. The van der Waals surface area contributed by atoms with Crippen molar-refractivity contribution in [1.29, 1.82) is 5.26 Å². The lowest BCUT2D eigenvalue weighted by Gasteiger charge is -2.26. The Morgan fingerprint density at radius 1 is 1.00 bits per heavy atom. The molecule has 5 aromatic rings. The van der Waals surface area contributed by atoms with E-state index in [1.165, 1.54) is 4.57 Å². The number of nitriles is 1. The maximum Gasteiger partial charge on any atom is 0.205 e. The van der Waals surface area contributed by atoms with Gasteiger partial charge in [-0.2, -0.15) is 5.26 Å². The quantitative estimate of drug-likeness (QED) is 0.343. The van der Waals surface area contributed by atoms with Gasteiger partial charge in [-0.25, -0.2) is 4.63 Å². The van der Waals surface area contributed by atoms with Gasteiger partial charge in [0.1, 0.15) is 22.4 Å². The largest absolute Gasteiger partial charge is 0.494 e. The summed E-state index contributed by atoms with van der Waals surface area (Å²) in [5, 5.41) is 41.8. The molecule has 0 radical (unpaired) electrons. The lowest BCUT2D eigenvalue weighted by atomic mass is 9.78. The topological polar surface area (TPSA) is 127 Å². The molecule has 184 valence electrons. The number of rotatable bonds is 5. The number of ether oxygens (including phenoxy) is 2. The van der Waals surface area contributed by atoms with Crippen molar-refractivity contribution in [2.45, 2.75) is 37.4 Å². The van der Waals surface area contributed by atoms with E-state index in [9.17, 15) is 15.5 Å². The van der Waals surface area contributed by atoms with Crippen LogP contribution in [-0.2, 0) is 15.9 Å². The van der Waals surface area contributed by atoms with E-state index in [1.54, 1.807) is 30.3 Å². The normalized spacial score (nSPS) is 21.9. The number of nitrogens with zero attached hydrogens (tertiary/aromatic N) is 4. The van der Waals surface area contributed by atoms with Crippen LogP contribution in [0.25, 0.3) is 27.5 Å². The van der Waals surface area contributed by atoms with Crippen LogP contribution >= 0.6 is 0 Å². The molecule has 2 aliphatic heterocycles. The highest BCUT2D eigenvalue weighted by Gasteiger charge is 2.61. The third kappa shape index (κ3) is 2.93. The summed E-state index contributed by atoms with van der Waals surface area (Å²) in [4.78, 5) is 0. The number of hydrogen-bond acceptors (Lipinski definition) is 8. The van der Waals surface area contributed by atoms with Gasteiger partial charge >= 0.3 is 0 Å². The molecule has 1 saturated heterocycles. The average molecular weight is 495 g/mol. The summed E-state index contributed by atoms with van der Waals surface area (Å²) >= 11 is 0. The zero-order valence-electron chi connectivity index (χ0n) is 19.9. The van der Waals surface area contributed by atoms with E-state index in [1.807, 2.05) is 31.2 Å². The lowest BCUT2D eigenvalue weighted by molar-refractivity contribution is -0.0876. The molecule has 0 unspecified atom stereocenters. The first-order valence-corrected chi connectivity index (χ1v) is 12.1. The number of aromatic hydroxyl groups is 2. The van der Waals surface area contributed by atoms with E-state index in [-0.39, 0.29) is 11.8 Å². The molecule has 0 saturated carbocycles. The van der Waals surface area contributed by atoms with Gasteiger partial charge in [0.2, 0.25) is 11.8 Å². The van der Waals surface area contributed by atoms with Crippen LogP contribution in [0.2, 0.25) is 0 Å². The number of hydrogen-bond donors (Lipinski definition) is 2. The summed E-state index contributed by atoms with van der Waals surface area (Å²) < 4.78 is 18.8. The van der Waals surface area contributed by atoms with Crippen molar-refractivity contribution >= 4 is 21.8 Å². The second-order valence-electron chi connectivity index (χ2n) is 9.86. The van der Waals surface area contributed by atoms with Crippen LogP contribution in [0.1, 0.15) is 42.9 Å². The third-order valence-corrected chi connectivity index (χ3v) is 7.79. The third-order valence-electron chi connectivity index (χ3n) is 7.79. The first-order chi connectivity index (χ1) is 17.9. The van der Waals surface area contributed by atoms with E-state index < -0.39 is 11.2 Å². The fourth-order valence-corrected chi connectivity index (χ4v) is 6.10. The number of fused-ring (bicyclic) bond motifs is 7. The van der Waals surface area contributed by atoms with Crippen molar-refractivity contribution in [2.75, 3.05) is 6.61 Å². The van der Waals surface area contributed by atoms with E-state index in [0.717, 1.165) is 10.8 Å².